The third-order valence-corrected chi connectivity index (χ3v) is 12.4. The maximum Gasteiger partial charge on any atom is 0.306 e. The Balaban J connectivity index is 0.000000271. The number of hydrogen-bond donors (Lipinski definition) is 1. The second-order valence-corrected chi connectivity index (χ2v) is 19.9. The number of aliphatic carboxylic acids is 1. The van der Waals surface area contributed by atoms with Crippen molar-refractivity contribution >= 4 is 11.9 Å². The van der Waals surface area contributed by atoms with E-state index in [1.165, 1.54) is 19.2 Å². The first-order valence-corrected chi connectivity index (χ1v) is 24.8. The van der Waals surface area contributed by atoms with E-state index in [1.807, 2.05) is 110 Å². The molecule has 0 saturated carbocycles. The van der Waals surface area contributed by atoms with Gasteiger partial charge in [-0.1, -0.05) is 128 Å². The summed E-state index contributed by atoms with van der Waals surface area (Å²) in [6.45, 7) is 17.4. The third kappa shape index (κ3) is 16.4. The molecular formula is C63H72F2O8. The van der Waals surface area contributed by atoms with Crippen molar-refractivity contribution in [3.05, 3.63) is 191 Å². The van der Waals surface area contributed by atoms with Gasteiger partial charge in [0.1, 0.15) is 47.8 Å². The third-order valence-electron chi connectivity index (χ3n) is 12.4. The highest BCUT2D eigenvalue weighted by atomic mass is 19.1. The molecular weight excluding hydrogens is 923 g/mol. The molecule has 6 rings (SSSR count). The van der Waals surface area contributed by atoms with Gasteiger partial charge in [-0.25, -0.2) is 8.78 Å². The average Bonchev–Trinajstić information content (AvgIpc) is 3.37. The minimum atomic E-state index is -0.830. The van der Waals surface area contributed by atoms with E-state index in [4.69, 9.17) is 23.7 Å². The number of halogens is 2. The summed E-state index contributed by atoms with van der Waals surface area (Å²) in [4.78, 5) is 23.1. The summed E-state index contributed by atoms with van der Waals surface area (Å²) in [6, 6.07) is 37.0. The lowest BCUT2D eigenvalue weighted by Crippen LogP contribution is -2.13. The number of benzene rings is 6. The molecule has 6 aromatic carbocycles. The first-order chi connectivity index (χ1) is 34.8. The van der Waals surface area contributed by atoms with Crippen molar-refractivity contribution in [1.82, 2.24) is 0 Å². The maximum atomic E-state index is 14.9. The van der Waals surface area contributed by atoms with Gasteiger partial charge in [-0.05, 0) is 141 Å². The van der Waals surface area contributed by atoms with Crippen LogP contribution in [0.5, 0.6) is 23.0 Å². The van der Waals surface area contributed by atoms with Gasteiger partial charge in [0.15, 0.2) is 0 Å². The molecule has 0 aliphatic carbocycles. The van der Waals surface area contributed by atoms with Crippen molar-refractivity contribution in [2.24, 2.45) is 0 Å². The molecule has 0 saturated heterocycles. The van der Waals surface area contributed by atoms with Crippen molar-refractivity contribution < 1.29 is 47.2 Å². The zero-order valence-corrected chi connectivity index (χ0v) is 44.3. The summed E-state index contributed by atoms with van der Waals surface area (Å²) >= 11 is 0. The SMILES string of the molecule is CC/C=C\[C@H](CC(=O)O)c1ccc(OCc2ccc(C(C)(C)C)c(-c3cc(OC)ccc3F)c2)cc1.CC/C=C\[C@H](CC(=O)OC)c1ccc(OCc2ccc(C(C)(C)C)c(-c3cc(OC)ccc3F)c2)cc1. The molecule has 0 spiro atoms. The highest BCUT2D eigenvalue weighted by Gasteiger charge is 2.24. The van der Waals surface area contributed by atoms with Gasteiger partial charge >= 0.3 is 11.9 Å². The van der Waals surface area contributed by atoms with Gasteiger partial charge in [0.2, 0.25) is 0 Å². The molecule has 0 aliphatic heterocycles. The molecule has 2 atom stereocenters. The number of carboxylic acid groups (broad SMARTS) is 1. The lowest BCUT2D eigenvalue weighted by Gasteiger charge is -2.24. The number of rotatable bonds is 20. The lowest BCUT2D eigenvalue weighted by molar-refractivity contribution is -0.141. The van der Waals surface area contributed by atoms with E-state index in [0.29, 0.717) is 47.3 Å². The molecule has 0 bridgehead atoms. The Kier molecular flexibility index (Phi) is 20.6. The number of allylic oxidation sites excluding steroid dienone is 4. The molecule has 0 aromatic heterocycles. The first-order valence-electron chi connectivity index (χ1n) is 24.8. The summed E-state index contributed by atoms with van der Waals surface area (Å²) in [6.07, 6.45) is 10.1. The van der Waals surface area contributed by atoms with E-state index >= 15 is 0 Å². The van der Waals surface area contributed by atoms with Crippen LogP contribution in [0.15, 0.2) is 146 Å². The van der Waals surface area contributed by atoms with Crippen LogP contribution < -0.4 is 18.9 Å². The summed E-state index contributed by atoms with van der Waals surface area (Å²) in [5.74, 6) is 0.710. The predicted octanol–water partition coefficient (Wildman–Crippen LogP) is 15.9. The Morgan fingerprint density at radius 2 is 0.904 bits per heavy atom. The number of carbonyl (C=O) groups excluding carboxylic acids is 1. The zero-order chi connectivity index (χ0) is 53.3. The molecule has 1 N–H and O–H groups in total. The molecule has 0 aliphatic rings. The monoisotopic (exact) mass is 995 g/mol. The molecule has 0 fully saturated rings. The summed E-state index contributed by atoms with van der Waals surface area (Å²) in [7, 11) is 4.55. The van der Waals surface area contributed by atoms with Crippen LogP contribution in [-0.4, -0.2) is 38.4 Å². The second-order valence-electron chi connectivity index (χ2n) is 19.9. The van der Waals surface area contributed by atoms with Crippen molar-refractivity contribution in [3.8, 4) is 45.3 Å². The highest BCUT2D eigenvalue weighted by molar-refractivity contribution is 5.73. The van der Waals surface area contributed by atoms with Crippen LogP contribution in [0.2, 0.25) is 0 Å². The highest BCUT2D eigenvalue weighted by Crippen LogP contribution is 2.39. The Hall–Kier alpha value is -7.20. The normalized spacial score (nSPS) is 12.5. The van der Waals surface area contributed by atoms with Crippen LogP contribution in [0.4, 0.5) is 8.78 Å². The number of hydrogen-bond acceptors (Lipinski definition) is 7. The number of carbonyl (C=O) groups is 2. The maximum absolute atomic E-state index is 14.9. The standard InChI is InChI=1S/C32H37FO4.C31H35FO4/c1-7-8-9-24(19-31(34)36-6)23-11-13-25(14-12-23)37-21-22-10-16-29(32(2,3)4)27(18-22)28-20-26(35-5)15-17-30(28)33;1-6-7-8-23(18-30(33)34)22-10-12-24(13-11-22)36-20-21-9-15-28(31(2,3)4)26(17-21)27-19-25(35-5)14-16-29(27)32/h8-18,20,24H,7,19,21H2,1-6H3;7-17,19,23H,6,18,20H2,1-5H3,(H,33,34)/b9-8-;8-7-/t24-;23-/m11/s1. The van der Waals surface area contributed by atoms with E-state index in [9.17, 15) is 23.5 Å². The van der Waals surface area contributed by atoms with Gasteiger partial charge < -0.3 is 28.8 Å². The predicted molar refractivity (Wildman–Crippen MR) is 289 cm³/mol. The van der Waals surface area contributed by atoms with Crippen LogP contribution in [0.3, 0.4) is 0 Å². The number of carboxylic acids is 1. The number of methoxy groups -OCH3 is 3. The van der Waals surface area contributed by atoms with Crippen LogP contribution in [0, 0.1) is 11.6 Å². The Labute approximate surface area is 431 Å². The fourth-order valence-electron chi connectivity index (χ4n) is 8.39. The van der Waals surface area contributed by atoms with E-state index in [1.54, 1.807) is 38.5 Å². The minimum Gasteiger partial charge on any atom is -0.497 e. The van der Waals surface area contributed by atoms with Crippen LogP contribution in [0.1, 0.15) is 126 Å². The summed E-state index contributed by atoms with van der Waals surface area (Å²) in [5.41, 5.74) is 8.17. The molecule has 0 amide bonds. The number of ether oxygens (including phenoxy) is 5. The van der Waals surface area contributed by atoms with Gasteiger partial charge in [0.25, 0.3) is 0 Å². The Morgan fingerprint density at radius 1 is 0.521 bits per heavy atom. The van der Waals surface area contributed by atoms with E-state index in [2.05, 4.69) is 54.5 Å². The molecule has 386 valence electrons. The van der Waals surface area contributed by atoms with E-state index < -0.39 is 5.97 Å². The van der Waals surface area contributed by atoms with Crippen molar-refractivity contribution in [1.29, 1.82) is 0 Å². The topological polar surface area (TPSA) is 101 Å². The van der Waals surface area contributed by atoms with E-state index in [0.717, 1.165) is 57.3 Å². The Bertz CT molecular complexity index is 2820. The quantitative estimate of drug-likeness (QED) is 0.0596. The molecule has 8 nitrogen and oxygen atoms in total. The second kappa shape index (κ2) is 26.5. The van der Waals surface area contributed by atoms with Crippen LogP contribution in [-0.2, 0) is 38.4 Å². The fourth-order valence-corrected chi connectivity index (χ4v) is 8.39. The van der Waals surface area contributed by atoms with Gasteiger partial charge in [0, 0.05) is 23.0 Å². The molecule has 0 unspecified atom stereocenters. The van der Waals surface area contributed by atoms with Gasteiger partial charge in [-0.3, -0.25) is 9.59 Å². The van der Waals surface area contributed by atoms with Crippen molar-refractivity contribution in [3.63, 3.8) is 0 Å². The Morgan fingerprint density at radius 3 is 1.25 bits per heavy atom. The molecule has 0 heterocycles. The lowest BCUT2D eigenvalue weighted by atomic mass is 9.81. The summed E-state index contributed by atoms with van der Waals surface area (Å²) < 4.78 is 57.4. The van der Waals surface area contributed by atoms with Crippen LogP contribution in [0.25, 0.3) is 22.3 Å². The average molecular weight is 995 g/mol. The molecule has 10 heteroatoms. The number of esters is 1. The first kappa shape index (κ1) is 56.7. The van der Waals surface area contributed by atoms with Gasteiger partial charge in [-0.15, -0.1) is 0 Å². The van der Waals surface area contributed by atoms with Crippen molar-refractivity contribution in [2.75, 3.05) is 21.3 Å². The van der Waals surface area contributed by atoms with Crippen molar-refractivity contribution in [2.45, 2.75) is 117 Å². The van der Waals surface area contributed by atoms with Gasteiger partial charge in [0.05, 0.1) is 34.2 Å². The van der Waals surface area contributed by atoms with Gasteiger partial charge in [-0.2, -0.15) is 0 Å². The van der Waals surface area contributed by atoms with Crippen LogP contribution >= 0.6 is 0 Å². The molecule has 73 heavy (non-hydrogen) atoms. The molecule has 6 aromatic rings. The minimum absolute atomic E-state index is 0.0421. The van der Waals surface area contributed by atoms with E-state index in [-0.39, 0.29) is 53.1 Å². The summed E-state index contributed by atoms with van der Waals surface area (Å²) in [5, 5.41) is 9.24. The largest absolute Gasteiger partial charge is 0.497 e. The smallest absolute Gasteiger partial charge is 0.306 e. The zero-order valence-electron chi connectivity index (χ0n) is 44.3. The molecule has 0 radical (unpaired) electrons. The fraction of sp³-hybridized carbons (Fsp3) is 0.333.